The van der Waals surface area contributed by atoms with Gasteiger partial charge in [-0.2, -0.15) is 0 Å². The molecule has 2 heterocycles. The van der Waals surface area contributed by atoms with E-state index in [0.29, 0.717) is 5.92 Å². The predicted molar refractivity (Wildman–Crippen MR) is 91.5 cm³/mol. The van der Waals surface area contributed by atoms with E-state index in [2.05, 4.69) is 33.8 Å². The summed E-state index contributed by atoms with van der Waals surface area (Å²) in [5.41, 5.74) is 1.65. The molecule has 0 radical (unpaired) electrons. The Morgan fingerprint density at radius 1 is 1.04 bits per heavy atom. The Labute approximate surface area is 139 Å². The largest absolute Gasteiger partial charge is 0.496 e. The van der Waals surface area contributed by atoms with Gasteiger partial charge in [-0.1, -0.05) is 12.1 Å². The van der Waals surface area contributed by atoms with E-state index in [1.54, 1.807) is 7.11 Å². The summed E-state index contributed by atoms with van der Waals surface area (Å²) in [5, 5.41) is 0. The zero-order valence-corrected chi connectivity index (χ0v) is 14.8. The first-order valence-corrected chi connectivity index (χ1v) is 8.45. The van der Waals surface area contributed by atoms with Crippen molar-refractivity contribution in [2.24, 2.45) is 0 Å². The molecule has 23 heavy (non-hydrogen) atoms. The number of hydrogen-bond acceptors (Lipinski definition) is 4. The van der Waals surface area contributed by atoms with Crippen LogP contribution in [0.5, 0.6) is 5.75 Å². The van der Waals surface area contributed by atoms with Crippen LogP contribution in [0.2, 0.25) is 0 Å². The molecule has 126 valence electrons. The van der Waals surface area contributed by atoms with Crippen molar-refractivity contribution in [2.45, 2.75) is 57.7 Å². The molecule has 0 amide bonds. The minimum Gasteiger partial charge on any atom is -0.496 e. The van der Waals surface area contributed by atoms with Crippen LogP contribution in [0.3, 0.4) is 0 Å². The van der Waals surface area contributed by atoms with Crippen molar-refractivity contribution in [3.63, 3.8) is 0 Å². The van der Waals surface area contributed by atoms with E-state index in [9.17, 15) is 0 Å². The summed E-state index contributed by atoms with van der Waals surface area (Å²) in [7, 11) is 1.40. The van der Waals surface area contributed by atoms with Gasteiger partial charge in [0.05, 0.1) is 18.3 Å². The number of rotatable bonds is 3. The molecule has 2 saturated heterocycles. The molecule has 0 aromatic heterocycles. The molecular weight excluding hydrogens is 291 g/mol. The molecule has 4 nitrogen and oxygen atoms in total. The molecule has 2 fully saturated rings. The fourth-order valence-electron chi connectivity index (χ4n) is 3.21. The first-order valence-electron chi connectivity index (χ1n) is 8.45. The van der Waals surface area contributed by atoms with Gasteiger partial charge in [-0.05, 0) is 63.5 Å². The molecule has 1 aromatic carbocycles. The van der Waals surface area contributed by atoms with Gasteiger partial charge in [0.15, 0.2) is 0 Å². The number of methoxy groups -OCH3 is 1. The zero-order valence-electron chi connectivity index (χ0n) is 14.8. The van der Waals surface area contributed by atoms with Crippen LogP contribution in [0.4, 0.5) is 0 Å². The highest BCUT2D eigenvalue weighted by Gasteiger charge is 2.51. The van der Waals surface area contributed by atoms with Gasteiger partial charge in [-0.3, -0.25) is 0 Å². The van der Waals surface area contributed by atoms with Crippen LogP contribution in [0.15, 0.2) is 18.2 Å². The van der Waals surface area contributed by atoms with Crippen molar-refractivity contribution in [3.8, 4) is 5.75 Å². The first-order chi connectivity index (χ1) is 10.8. The minimum atomic E-state index is -0.329. The van der Waals surface area contributed by atoms with E-state index < -0.39 is 0 Å². The Morgan fingerprint density at radius 2 is 1.65 bits per heavy atom. The highest BCUT2D eigenvalue weighted by molar-refractivity contribution is 6.62. The van der Waals surface area contributed by atoms with E-state index >= 15 is 0 Å². The molecule has 0 N–H and O–H groups in total. The molecule has 5 heteroatoms. The lowest BCUT2D eigenvalue weighted by atomic mass is 9.76. The van der Waals surface area contributed by atoms with E-state index in [0.717, 1.165) is 37.3 Å². The average Bonchev–Trinajstić information content (AvgIpc) is 2.75. The standard InChI is InChI=1S/C18H27BO4/c1-17(2)18(3,4)23-19(22-17)14-6-7-16(20-5)15(12-14)13-8-10-21-11-9-13/h6-7,12-13H,8-11H2,1-5H3. The van der Waals surface area contributed by atoms with Crippen LogP contribution in [0.25, 0.3) is 0 Å². The molecular formula is C18H27BO4. The minimum absolute atomic E-state index is 0.323. The van der Waals surface area contributed by atoms with Crippen LogP contribution in [-0.4, -0.2) is 38.6 Å². The van der Waals surface area contributed by atoms with Gasteiger partial charge >= 0.3 is 7.12 Å². The van der Waals surface area contributed by atoms with E-state index in [4.69, 9.17) is 18.8 Å². The van der Waals surface area contributed by atoms with Crippen LogP contribution < -0.4 is 10.2 Å². The third kappa shape index (κ3) is 3.15. The molecule has 3 rings (SSSR count). The molecule has 1 aromatic rings. The number of ether oxygens (including phenoxy) is 2. The lowest BCUT2D eigenvalue weighted by Gasteiger charge is -2.32. The highest BCUT2D eigenvalue weighted by Crippen LogP contribution is 2.38. The lowest BCUT2D eigenvalue weighted by molar-refractivity contribution is 0.00578. The fraction of sp³-hybridized carbons (Fsp3) is 0.667. The third-order valence-electron chi connectivity index (χ3n) is 5.44. The molecule has 0 saturated carbocycles. The zero-order chi connectivity index (χ0) is 16.7. The summed E-state index contributed by atoms with van der Waals surface area (Å²) >= 11 is 0. The molecule has 0 bridgehead atoms. The maximum Gasteiger partial charge on any atom is 0.494 e. The molecule has 0 spiro atoms. The SMILES string of the molecule is COc1ccc(B2OC(C)(C)C(C)(C)O2)cc1C1CCOCC1. The van der Waals surface area contributed by atoms with Crippen molar-refractivity contribution in [2.75, 3.05) is 20.3 Å². The van der Waals surface area contributed by atoms with Gasteiger partial charge in [0.25, 0.3) is 0 Å². The summed E-state index contributed by atoms with van der Waals surface area (Å²) in [6, 6.07) is 6.27. The monoisotopic (exact) mass is 318 g/mol. The second-order valence-corrected chi connectivity index (χ2v) is 7.48. The third-order valence-corrected chi connectivity index (χ3v) is 5.44. The second-order valence-electron chi connectivity index (χ2n) is 7.48. The maximum absolute atomic E-state index is 6.18. The maximum atomic E-state index is 6.18. The molecule has 0 aliphatic carbocycles. The quantitative estimate of drug-likeness (QED) is 0.803. The predicted octanol–water partition coefficient (Wildman–Crippen LogP) is 2.89. The van der Waals surface area contributed by atoms with Gasteiger partial charge < -0.3 is 18.8 Å². The van der Waals surface area contributed by atoms with Crippen LogP contribution >= 0.6 is 0 Å². The van der Waals surface area contributed by atoms with E-state index in [-0.39, 0.29) is 18.3 Å². The van der Waals surface area contributed by atoms with Crippen LogP contribution in [0.1, 0.15) is 52.0 Å². The fourth-order valence-corrected chi connectivity index (χ4v) is 3.21. The number of hydrogen-bond donors (Lipinski definition) is 0. The highest BCUT2D eigenvalue weighted by atomic mass is 16.7. The normalized spacial score (nSPS) is 24.0. The molecule has 2 aliphatic heterocycles. The smallest absolute Gasteiger partial charge is 0.494 e. The van der Waals surface area contributed by atoms with Gasteiger partial charge in [0, 0.05) is 13.2 Å². The summed E-state index contributed by atoms with van der Waals surface area (Å²) in [5.74, 6) is 1.42. The molecule has 0 atom stereocenters. The Balaban J connectivity index is 1.89. The van der Waals surface area contributed by atoms with Crippen molar-refractivity contribution < 1.29 is 18.8 Å². The summed E-state index contributed by atoms with van der Waals surface area (Å²) in [6.07, 6.45) is 2.06. The molecule has 2 aliphatic rings. The van der Waals surface area contributed by atoms with Crippen molar-refractivity contribution in [3.05, 3.63) is 23.8 Å². The summed E-state index contributed by atoms with van der Waals surface area (Å²) in [4.78, 5) is 0. The second kappa shape index (κ2) is 6.12. The van der Waals surface area contributed by atoms with E-state index in [1.165, 1.54) is 5.56 Å². The van der Waals surface area contributed by atoms with Crippen LogP contribution in [0, 0.1) is 0 Å². The lowest BCUT2D eigenvalue weighted by Crippen LogP contribution is -2.41. The van der Waals surface area contributed by atoms with E-state index in [1.807, 2.05) is 12.1 Å². The Morgan fingerprint density at radius 3 is 2.22 bits per heavy atom. The van der Waals surface area contributed by atoms with Gasteiger partial charge in [-0.15, -0.1) is 0 Å². The molecule has 0 unspecified atom stereocenters. The first kappa shape index (κ1) is 16.8. The van der Waals surface area contributed by atoms with Gasteiger partial charge in [0.1, 0.15) is 5.75 Å². The summed E-state index contributed by atoms with van der Waals surface area (Å²) < 4.78 is 23.4. The Kier molecular flexibility index (Phi) is 4.47. The topological polar surface area (TPSA) is 36.9 Å². The summed E-state index contributed by atoms with van der Waals surface area (Å²) in [6.45, 7) is 9.95. The van der Waals surface area contributed by atoms with Gasteiger partial charge in [0.2, 0.25) is 0 Å². The van der Waals surface area contributed by atoms with Crippen LogP contribution in [-0.2, 0) is 14.0 Å². The Hall–Kier alpha value is -1.04. The van der Waals surface area contributed by atoms with Gasteiger partial charge in [-0.25, -0.2) is 0 Å². The van der Waals surface area contributed by atoms with Crippen molar-refractivity contribution in [1.29, 1.82) is 0 Å². The van der Waals surface area contributed by atoms with Crippen molar-refractivity contribution in [1.82, 2.24) is 0 Å². The average molecular weight is 318 g/mol. The Bertz CT molecular complexity index is 548. The number of benzene rings is 1. The van der Waals surface area contributed by atoms with Crippen molar-refractivity contribution >= 4 is 12.6 Å².